The number of H-pyrrole nitrogens is 1. The average molecular weight is 205 g/mol. The Kier molecular flexibility index (Phi) is 2.01. The fourth-order valence-corrected chi connectivity index (χ4v) is 2.46. The molecule has 0 atom stereocenters. The van der Waals surface area contributed by atoms with E-state index in [0.29, 0.717) is 0 Å². The summed E-state index contributed by atoms with van der Waals surface area (Å²) < 4.78 is 0. The van der Waals surface area contributed by atoms with E-state index in [-0.39, 0.29) is 0 Å². The van der Waals surface area contributed by atoms with Crippen LogP contribution in [-0.4, -0.2) is 16.2 Å². The van der Waals surface area contributed by atoms with E-state index in [1.165, 1.54) is 37.1 Å². The van der Waals surface area contributed by atoms with Crippen molar-refractivity contribution in [1.82, 2.24) is 10.2 Å². The molecular weight excluding hydrogens is 186 g/mol. The molecule has 3 heteroatoms. The van der Waals surface area contributed by atoms with Crippen LogP contribution >= 0.6 is 0 Å². The van der Waals surface area contributed by atoms with Gasteiger partial charge in [0, 0.05) is 6.04 Å². The molecule has 1 heterocycles. The van der Waals surface area contributed by atoms with E-state index in [4.69, 9.17) is 0 Å². The van der Waals surface area contributed by atoms with E-state index >= 15 is 0 Å². The van der Waals surface area contributed by atoms with Crippen LogP contribution in [0.4, 0.5) is 5.69 Å². The van der Waals surface area contributed by atoms with Crippen LogP contribution in [0.25, 0.3) is 0 Å². The molecule has 0 spiro atoms. The Morgan fingerprint density at radius 1 is 1.20 bits per heavy atom. The number of aromatic nitrogens is 2. The molecule has 2 aliphatic rings. The van der Waals surface area contributed by atoms with Gasteiger partial charge >= 0.3 is 0 Å². The highest BCUT2D eigenvalue weighted by Gasteiger charge is 2.41. The van der Waals surface area contributed by atoms with Gasteiger partial charge in [-0.05, 0) is 51.4 Å². The van der Waals surface area contributed by atoms with Gasteiger partial charge in [0.05, 0.1) is 17.1 Å². The van der Waals surface area contributed by atoms with Gasteiger partial charge in [-0.25, -0.2) is 0 Å². The second-order valence-electron chi connectivity index (χ2n) is 5.15. The predicted molar refractivity (Wildman–Crippen MR) is 60.9 cm³/mol. The molecule has 0 aromatic carbocycles. The van der Waals surface area contributed by atoms with Crippen LogP contribution in [0.1, 0.15) is 37.1 Å². The van der Waals surface area contributed by atoms with Gasteiger partial charge in [0.1, 0.15) is 0 Å². The second-order valence-corrected chi connectivity index (χ2v) is 5.15. The molecule has 2 fully saturated rings. The first kappa shape index (κ1) is 9.25. The first-order valence-electron chi connectivity index (χ1n) is 6.04. The number of nitrogens with zero attached hydrogens (tertiary/aromatic N) is 1. The van der Waals surface area contributed by atoms with Crippen LogP contribution < -0.4 is 5.32 Å². The summed E-state index contributed by atoms with van der Waals surface area (Å²) in [6, 6.07) is 0.722. The maximum Gasteiger partial charge on any atom is 0.0825 e. The highest BCUT2D eigenvalue weighted by atomic mass is 15.2. The molecule has 0 saturated heterocycles. The minimum absolute atomic E-state index is 0.722. The van der Waals surface area contributed by atoms with Gasteiger partial charge in [-0.1, -0.05) is 0 Å². The van der Waals surface area contributed by atoms with Crippen molar-refractivity contribution in [2.75, 3.05) is 5.32 Å². The third kappa shape index (κ3) is 1.75. The Morgan fingerprint density at radius 2 is 1.80 bits per heavy atom. The molecule has 2 saturated carbocycles. The minimum atomic E-state index is 0.722. The number of hydrogen-bond donors (Lipinski definition) is 2. The van der Waals surface area contributed by atoms with Crippen LogP contribution in [0.2, 0.25) is 0 Å². The zero-order valence-corrected chi connectivity index (χ0v) is 9.51. The van der Waals surface area contributed by atoms with Crippen molar-refractivity contribution in [3.05, 3.63) is 11.4 Å². The smallest absolute Gasteiger partial charge is 0.0825 e. The summed E-state index contributed by atoms with van der Waals surface area (Å²) in [6.07, 6.45) is 5.68. The van der Waals surface area contributed by atoms with Crippen molar-refractivity contribution in [2.45, 2.75) is 45.6 Å². The standard InChI is InChI=1S/C12H19N3/c1-7-11(8(2)15-14-7)13-12(9-3-4-9)10-5-6-10/h9-10,12-13H,3-6H2,1-2H3,(H,14,15). The van der Waals surface area contributed by atoms with Crippen LogP contribution in [0.5, 0.6) is 0 Å². The highest BCUT2D eigenvalue weighted by molar-refractivity contribution is 5.52. The van der Waals surface area contributed by atoms with Crippen molar-refractivity contribution in [3.63, 3.8) is 0 Å². The van der Waals surface area contributed by atoms with Crippen LogP contribution in [0.15, 0.2) is 0 Å². The maximum atomic E-state index is 4.24. The van der Waals surface area contributed by atoms with E-state index in [1.54, 1.807) is 0 Å². The number of aromatic amines is 1. The molecule has 2 aliphatic carbocycles. The summed E-state index contributed by atoms with van der Waals surface area (Å²) in [6.45, 7) is 4.17. The van der Waals surface area contributed by atoms with Gasteiger partial charge in [-0.3, -0.25) is 5.10 Å². The van der Waals surface area contributed by atoms with Gasteiger partial charge in [0.2, 0.25) is 0 Å². The number of aryl methyl sites for hydroxylation is 2. The summed E-state index contributed by atoms with van der Waals surface area (Å²) >= 11 is 0. The van der Waals surface area contributed by atoms with E-state index in [9.17, 15) is 0 Å². The topological polar surface area (TPSA) is 40.7 Å². The van der Waals surface area contributed by atoms with E-state index < -0.39 is 0 Å². The maximum absolute atomic E-state index is 4.24. The highest BCUT2D eigenvalue weighted by Crippen LogP contribution is 2.46. The molecule has 3 nitrogen and oxygen atoms in total. The van der Waals surface area contributed by atoms with Gasteiger partial charge < -0.3 is 5.32 Å². The molecule has 15 heavy (non-hydrogen) atoms. The second kappa shape index (κ2) is 3.26. The fourth-order valence-electron chi connectivity index (χ4n) is 2.46. The summed E-state index contributed by atoms with van der Waals surface area (Å²) in [5, 5.41) is 11.0. The van der Waals surface area contributed by atoms with Crippen molar-refractivity contribution in [3.8, 4) is 0 Å². The summed E-state index contributed by atoms with van der Waals surface area (Å²) in [5.41, 5.74) is 3.54. The number of hydrogen-bond acceptors (Lipinski definition) is 2. The summed E-state index contributed by atoms with van der Waals surface area (Å²) in [7, 11) is 0. The van der Waals surface area contributed by atoms with E-state index in [1.807, 2.05) is 0 Å². The van der Waals surface area contributed by atoms with Crippen molar-refractivity contribution in [2.24, 2.45) is 11.8 Å². The molecule has 3 rings (SSSR count). The average Bonchev–Trinajstić information content (AvgIpc) is 3.09. The predicted octanol–water partition coefficient (Wildman–Crippen LogP) is 2.63. The van der Waals surface area contributed by atoms with E-state index in [2.05, 4.69) is 29.4 Å². The minimum Gasteiger partial charge on any atom is -0.379 e. The molecule has 1 aromatic heterocycles. The Morgan fingerprint density at radius 3 is 2.20 bits per heavy atom. The number of anilines is 1. The van der Waals surface area contributed by atoms with Crippen LogP contribution in [0.3, 0.4) is 0 Å². The van der Waals surface area contributed by atoms with Gasteiger partial charge in [0.15, 0.2) is 0 Å². The first-order valence-corrected chi connectivity index (χ1v) is 6.04. The third-order valence-electron chi connectivity index (χ3n) is 3.70. The quantitative estimate of drug-likeness (QED) is 0.793. The molecule has 82 valence electrons. The monoisotopic (exact) mass is 205 g/mol. The van der Waals surface area contributed by atoms with Crippen molar-refractivity contribution in [1.29, 1.82) is 0 Å². The molecule has 0 aliphatic heterocycles. The molecule has 0 unspecified atom stereocenters. The Labute approximate surface area is 90.7 Å². The van der Waals surface area contributed by atoms with Crippen LogP contribution in [0, 0.1) is 25.7 Å². The number of rotatable bonds is 4. The van der Waals surface area contributed by atoms with Gasteiger partial charge in [-0.15, -0.1) is 0 Å². The van der Waals surface area contributed by atoms with Crippen molar-refractivity contribution >= 4 is 5.69 Å². The fraction of sp³-hybridized carbons (Fsp3) is 0.750. The van der Waals surface area contributed by atoms with Gasteiger partial charge in [0.25, 0.3) is 0 Å². The van der Waals surface area contributed by atoms with Crippen LogP contribution in [-0.2, 0) is 0 Å². The number of nitrogens with one attached hydrogen (secondary N) is 2. The molecule has 1 aromatic rings. The SMILES string of the molecule is Cc1n[nH]c(C)c1NC(C1CC1)C1CC1. The molecule has 2 N–H and O–H groups in total. The Balaban J connectivity index is 1.77. The third-order valence-corrected chi connectivity index (χ3v) is 3.70. The van der Waals surface area contributed by atoms with E-state index in [0.717, 1.165) is 23.6 Å². The lowest BCUT2D eigenvalue weighted by Crippen LogP contribution is -2.24. The molecule has 0 amide bonds. The van der Waals surface area contributed by atoms with Gasteiger partial charge in [-0.2, -0.15) is 5.10 Å². The largest absolute Gasteiger partial charge is 0.379 e. The molecule has 0 bridgehead atoms. The Bertz CT molecular complexity index is 329. The summed E-state index contributed by atoms with van der Waals surface area (Å²) in [5.74, 6) is 1.87. The lowest BCUT2D eigenvalue weighted by molar-refractivity contribution is 0.567. The zero-order chi connectivity index (χ0) is 10.4. The lowest BCUT2D eigenvalue weighted by Gasteiger charge is -2.19. The van der Waals surface area contributed by atoms with Crippen molar-refractivity contribution < 1.29 is 0 Å². The Hall–Kier alpha value is -0.990. The zero-order valence-electron chi connectivity index (χ0n) is 9.51. The molecular formula is C12H19N3. The normalized spacial score (nSPS) is 21.0. The first-order chi connectivity index (χ1) is 7.25. The lowest BCUT2D eigenvalue weighted by atomic mass is 10.1. The summed E-state index contributed by atoms with van der Waals surface area (Å²) in [4.78, 5) is 0. The molecule has 0 radical (unpaired) electrons.